The maximum atomic E-state index is 13.7. The summed E-state index contributed by atoms with van der Waals surface area (Å²) in [6.45, 7) is 4.84. The zero-order valence-electron chi connectivity index (χ0n) is 13.9. The Bertz CT molecular complexity index is 614. The van der Waals surface area contributed by atoms with Crippen LogP contribution in [0.4, 0.5) is 4.39 Å². The van der Waals surface area contributed by atoms with Gasteiger partial charge in [0.05, 0.1) is 5.71 Å². The van der Waals surface area contributed by atoms with E-state index in [1.54, 1.807) is 6.92 Å². The third-order valence-electron chi connectivity index (χ3n) is 5.86. The molecular formula is C17H23FN4O2. The molecule has 0 aromatic heterocycles. The van der Waals surface area contributed by atoms with Crippen molar-refractivity contribution in [1.29, 1.82) is 0 Å². The van der Waals surface area contributed by atoms with Crippen LogP contribution in [0.1, 0.15) is 32.6 Å². The molecule has 2 amide bonds. The first kappa shape index (κ1) is 15.7. The van der Waals surface area contributed by atoms with Gasteiger partial charge in [0.15, 0.2) is 0 Å². The first-order valence-electron chi connectivity index (χ1n) is 8.94. The fourth-order valence-corrected chi connectivity index (χ4v) is 4.16. The van der Waals surface area contributed by atoms with Crippen LogP contribution < -0.4 is 0 Å². The van der Waals surface area contributed by atoms with Crippen LogP contribution in [-0.4, -0.2) is 65.6 Å². The van der Waals surface area contributed by atoms with E-state index in [2.05, 4.69) is 9.98 Å². The number of hydrogen-bond acceptors (Lipinski definition) is 4. The van der Waals surface area contributed by atoms with E-state index in [0.717, 1.165) is 39.0 Å². The lowest BCUT2D eigenvalue weighted by molar-refractivity contribution is -0.137. The van der Waals surface area contributed by atoms with Gasteiger partial charge < -0.3 is 9.80 Å². The lowest BCUT2D eigenvalue weighted by Gasteiger charge is -2.30. The smallest absolute Gasteiger partial charge is 0.289 e. The van der Waals surface area contributed by atoms with E-state index < -0.39 is 12.1 Å². The lowest BCUT2D eigenvalue weighted by atomic mass is 9.84. The van der Waals surface area contributed by atoms with Gasteiger partial charge in [-0.05, 0) is 19.3 Å². The number of alkyl halides is 1. The highest BCUT2D eigenvalue weighted by molar-refractivity contribution is 6.17. The van der Waals surface area contributed by atoms with Crippen molar-refractivity contribution in [2.75, 3.05) is 26.2 Å². The lowest BCUT2D eigenvalue weighted by Crippen LogP contribution is -2.41. The predicted molar refractivity (Wildman–Crippen MR) is 87.5 cm³/mol. The topological polar surface area (TPSA) is 65.3 Å². The Morgan fingerprint density at radius 1 is 1.17 bits per heavy atom. The summed E-state index contributed by atoms with van der Waals surface area (Å²) in [5, 5.41) is 0. The molecule has 0 N–H and O–H groups in total. The molecule has 1 aliphatic carbocycles. The average molecular weight is 334 g/mol. The predicted octanol–water partition coefficient (Wildman–Crippen LogP) is 1.26. The maximum absolute atomic E-state index is 13.7. The van der Waals surface area contributed by atoms with Gasteiger partial charge in [-0.15, -0.1) is 0 Å². The minimum atomic E-state index is -1.68. The molecule has 130 valence electrons. The number of likely N-dealkylation sites (tertiary alicyclic amines) is 2. The second-order valence-electron chi connectivity index (χ2n) is 7.37. The molecule has 0 spiro atoms. The summed E-state index contributed by atoms with van der Waals surface area (Å²) < 4.78 is 13.7. The van der Waals surface area contributed by atoms with Gasteiger partial charge in [-0.3, -0.25) is 9.59 Å². The molecule has 24 heavy (non-hydrogen) atoms. The molecule has 0 radical (unpaired) electrons. The molecule has 3 heterocycles. The summed E-state index contributed by atoms with van der Waals surface area (Å²) in [7, 11) is 0. The van der Waals surface area contributed by atoms with E-state index in [-0.39, 0.29) is 11.6 Å². The Morgan fingerprint density at radius 3 is 2.38 bits per heavy atom. The summed E-state index contributed by atoms with van der Waals surface area (Å²) in [4.78, 5) is 36.2. The number of aliphatic imine (C=N–C) groups is 2. The highest BCUT2D eigenvalue weighted by atomic mass is 19.1. The van der Waals surface area contributed by atoms with Crippen LogP contribution in [0.25, 0.3) is 0 Å². The molecule has 3 unspecified atom stereocenters. The van der Waals surface area contributed by atoms with Crippen LogP contribution in [0.5, 0.6) is 0 Å². The molecule has 7 heteroatoms. The number of halogens is 1. The molecule has 3 atom stereocenters. The van der Waals surface area contributed by atoms with Gasteiger partial charge in [-0.2, -0.15) is 4.99 Å². The molecule has 2 saturated heterocycles. The van der Waals surface area contributed by atoms with Gasteiger partial charge in [-0.1, -0.05) is 13.3 Å². The number of guanidine groups is 1. The molecule has 1 saturated carbocycles. The highest BCUT2D eigenvalue weighted by Crippen LogP contribution is 2.35. The first-order valence-corrected chi connectivity index (χ1v) is 8.94. The van der Waals surface area contributed by atoms with Gasteiger partial charge in [0.2, 0.25) is 18.0 Å². The number of amides is 2. The molecule has 0 aromatic rings. The van der Waals surface area contributed by atoms with Gasteiger partial charge in [0.1, 0.15) is 0 Å². The van der Waals surface area contributed by atoms with Crippen molar-refractivity contribution in [2.45, 2.75) is 38.8 Å². The Morgan fingerprint density at radius 2 is 1.83 bits per heavy atom. The minimum Gasteiger partial charge on any atom is -0.342 e. The first-order chi connectivity index (χ1) is 11.6. The van der Waals surface area contributed by atoms with Crippen LogP contribution in [0, 0.1) is 17.8 Å². The van der Waals surface area contributed by atoms with E-state index in [0.29, 0.717) is 30.1 Å². The van der Waals surface area contributed by atoms with Crippen molar-refractivity contribution in [1.82, 2.24) is 9.80 Å². The standard InChI is InChI=1S/C17H23FN4O2/c1-2-13-14(18)15(23)20-17(19-13)22-8-11-6-21(7-12(11)9-22)16(24)10-4-3-5-10/h10-12,14H,2-9H2,1H3. The monoisotopic (exact) mass is 334 g/mol. The number of fused-ring (bicyclic) bond motifs is 1. The second-order valence-corrected chi connectivity index (χ2v) is 7.37. The quantitative estimate of drug-likeness (QED) is 0.764. The highest BCUT2D eigenvalue weighted by Gasteiger charge is 2.45. The normalized spacial score (nSPS) is 33.2. The summed E-state index contributed by atoms with van der Waals surface area (Å²) >= 11 is 0. The molecule has 3 aliphatic heterocycles. The van der Waals surface area contributed by atoms with E-state index >= 15 is 0 Å². The van der Waals surface area contributed by atoms with Gasteiger partial charge in [0.25, 0.3) is 5.91 Å². The van der Waals surface area contributed by atoms with Crippen molar-refractivity contribution in [3.63, 3.8) is 0 Å². The average Bonchev–Trinajstić information content (AvgIpc) is 3.06. The van der Waals surface area contributed by atoms with Crippen molar-refractivity contribution in [3.8, 4) is 0 Å². The maximum Gasteiger partial charge on any atom is 0.289 e. The Hall–Kier alpha value is -1.79. The third kappa shape index (κ3) is 2.54. The zero-order chi connectivity index (χ0) is 16.8. The van der Waals surface area contributed by atoms with E-state index in [1.807, 2.05) is 9.80 Å². The van der Waals surface area contributed by atoms with Crippen LogP contribution in [0.15, 0.2) is 9.98 Å². The molecular weight excluding hydrogens is 311 g/mol. The summed E-state index contributed by atoms with van der Waals surface area (Å²) in [5.74, 6) is 0.982. The Kier molecular flexibility index (Phi) is 3.89. The van der Waals surface area contributed by atoms with E-state index in [4.69, 9.17) is 0 Å². The Labute approximate surface area is 140 Å². The van der Waals surface area contributed by atoms with E-state index in [1.165, 1.54) is 6.42 Å². The number of rotatable bonds is 2. The molecule has 3 fully saturated rings. The number of carbonyl (C=O) groups excluding carboxylic acids is 2. The second kappa shape index (κ2) is 5.93. The van der Waals surface area contributed by atoms with Crippen LogP contribution in [0.2, 0.25) is 0 Å². The number of hydrogen-bond donors (Lipinski definition) is 0. The summed E-state index contributed by atoms with van der Waals surface area (Å²) in [6, 6.07) is 0. The fraction of sp³-hybridized carbons (Fsp3) is 0.765. The molecule has 4 aliphatic rings. The molecule has 0 aromatic carbocycles. The Balaban J connectivity index is 1.40. The van der Waals surface area contributed by atoms with Gasteiger partial charge in [-0.25, -0.2) is 9.38 Å². The van der Waals surface area contributed by atoms with Crippen LogP contribution in [-0.2, 0) is 9.59 Å². The minimum absolute atomic E-state index is 0.249. The molecule has 6 nitrogen and oxygen atoms in total. The van der Waals surface area contributed by atoms with Crippen molar-refractivity contribution >= 4 is 23.5 Å². The van der Waals surface area contributed by atoms with Gasteiger partial charge >= 0.3 is 0 Å². The van der Waals surface area contributed by atoms with Crippen molar-refractivity contribution in [2.24, 2.45) is 27.7 Å². The largest absolute Gasteiger partial charge is 0.342 e. The molecule has 4 rings (SSSR count). The fourth-order valence-electron chi connectivity index (χ4n) is 4.16. The summed E-state index contributed by atoms with van der Waals surface area (Å²) in [5.41, 5.74) is 0.267. The third-order valence-corrected chi connectivity index (χ3v) is 5.86. The van der Waals surface area contributed by atoms with Crippen molar-refractivity contribution < 1.29 is 14.0 Å². The van der Waals surface area contributed by atoms with Crippen molar-refractivity contribution in [3.05, 3.63) is 0 Å². The van der Waals surface area contributed by atoms with Crippen LogP contribution in [0.3, 0.4) is 0 Å². The summed E-state index contributed by atoms with van der Waals surface area (Å²) in [6.07, 6.45) is 1.97. The zero-order valence-corrected chi connectivity index (χ0v) is 13.9. The van der Waals surface area contributed by atoms with Crippen LogP contribution >= 0.6 is 0 Å². The van der Waals surface area contributed by atoms with E-state index in [9.17, 15) is 14.0 Å². The number of carbonyl (C=O) groups is 2. The molecule has 0 bridgehead atoms. The number of nitrogens with zero attached hydrogens (tertiary/aromatic N) is 4. The van der Waals surface area contributed by atoms with Gasteiger partial charge in [0, 0.05) is 43.9 Å². The SMILES string of the molecule is CCC1=NC(N2CC3CN(C(=O)C4CCC4)CC3C2)=NC(=O)C1F.